The first kappa shape index (κ1) is 13.5. The average molecular weight is 288 g/mol. The normalized spacial score (nSPS) is 22.0. The second kappa shape index (κ2) is 4.97. The number of rotatable bonds is 3. The maximum absolute atomic E-state index is 11.9. The number of hydrogen-bond acceptors (Lipinski definition) is 5. The summed E-state index contributed by atoms with van der Waals surface area (Å²) in [5.41, 5.74) is 0.981. The molecule has 5 nitrogen and oxygen atoms in total. The Morgan fingerprint density at radius 3 is 2.78 bits per heavy atom. The van der Waals surface area contributed by atoms with Crippen molar-refractivity contribution in [3.63, 3.8) is 0 Å². The molecule has 1 saturated heterocycles. The van der Waals surface area contributed by atoms with Crippen molar-refractivity contribution in [3.8, 4) is 0 Å². The molecule has 2 rings (SSSR count). The number of anilines is 1. The molecule has 1 aliphatic rings. The summed E-state index contributed by atoms with van der Waals surface area (Å²) in [6, 6.07) is 0. The summed E-state index contributed by atoms with van der Waals surface area (Å²) in [7, 11) is -3.02. The Morgan fingerprint density at radius 1 is 1.56 bits per heavy atom. The van der Waals surface area contributed by atoms with Gasteiger partial charge in [-0.25, -0.2) is 13.4 Å². The fraction of sp³-hybridized carbons (Fsp3) is 0.636. The minimum atomic E-state index is -3.02. The van der Waals surface area contributed by atoms with Crippen LogP contribution in [0.25, 0.3) is 0 Å². The van der Waals surface area contributed by atoms with E-state index in [1.807, 2.05) is 13.8 Å². The van der Waals surface area contributed by atoms with Gasteiger partial charge in [0.15, 0.2) is 15.0 Å². The molecular weight excluding hydrogens is 272 g/mol. The Balaban J connectivity index is 2.03. The number of aryl methyl sites for hydroxylation is 2. The van der Waals surface area contributed by atoms with E-state index < -0.39 is 15.8 Å². The summed E-state index contributed by atoms with van der Waals surface area (Å²) < 4.78 is 22.6. The maximum Gasteiger partial charge on any atom is 0.230 e. The minimum absolute atomic E-state index is 0.0379. The molecule has 1 aliphatic heterocycles. The van der Waals surface area contributed by atoms with Crippen molar-refractivity contribution in [1.29, 1.82) is 0 Å². The van der Waals surface area contributed by atoms with Crippen LogP contribution < -0.4 is 5.32 Å². The summed E-state index contributed by atoms with van der Waals surface area (Å²) in [5, 5.41) is 3.29. The van der Waals surface area contributed by atoms with Crippen molar-refractivity contribution in [2.75, 3.05) is 16.8 Å². The SMILES string of the molecule is CCc1nc(NC(=O)C2CCS(=O)(=O)C2)sc1C. The number of amides is 1. The number of carbonyl (C=O) groups is 1. The Bertz CT molecular complexity index is 563. The largest absolute Gasteiger partial charge is 0.302 e. The van der Waals surface area contributed by atoms with Crippen LogP contribution in [0, 0.1) is 12.8 Å². The van der Waals surface area contributed by atoms with Gasteiger partial charge in [0, 0.05) is 4.88 Å². The van der Waals surface area contributed by atoms with Crippen LogP contribution in [0.5, 0.6) is 0 Å². The highest BCUT2D eigenvalue weighted by molar-refractivity contribution is 7.91. The van der Waals surface area contributed by atoms with Gasteiger partial charge in [-0.15, -0.1) is 11.3 Å². The van der Waals surface area contributed by atoms with E-state index in [-0.39, 0.29) is 17.4 Å². The van der Waals surface area contributed by atoms with Gasteiger partial charge in [0.2, 0.25) is 5.91 Å². The summed E-state index contributed by atoms with van der Waals surface area (Å²) in [5.74, 6) is -0.580. The smallest absolute Gasteiger partial charge is 0.230 e. The second-order valence-corrected chi connectivity index (χ2v) is 7.90. The highest BCUT2D eigenvalue weighted by atomic mass is 32.2. The van der Waals surface area contributed by atoms with Crippen LogP contribution >= 0.6 is 11.3 Å². The van der Waals surface area contributed by atoms with E-state index in [0.717, 1.165) is 17.0 Å². The lowest BCUT2D eigenvalue weighted by Crippen LogP contribution is -2.23. The zero-order chi connectivity index (χ0) is 13.3. The molecule has 1 fully saturated rings. The molecule has 1 atom stereocenters. The molecule has 1 amide bonds. The standard InChI is InChI=1S/C11H16N2O3S2/c1-3-9-7(2)17-11(12-9)13-10(14)8-4-5-18(15,16)6-8/h8H,3-6H2,1-2H3,(H,12,13,14). The fourth-order valence-corrected chi connectivity index (χ4v) is 4.67. The van der Waals surface area contributed by atoms with Crippen LogP contribution in [-0.2, 0) is 21.1 Å². The van der Waals surface area contributed by atoms with Gasteiger partial charge in [-0.3, -0.25) is 4.79 Å². The fourth-order valence-electron chi connectivity index (χ4n) is 2.02. The van der Waals surface area contributed by atoms with Crippen LogP contribution in [0.1, 0.15) is 23.9 Å². The molecule has 1 N–H and O–H groups in total. The number of hydrogen-bond donors (Lipinski definition) is 1. The van der Waals surface area contributed by atoms with Gasteiger partial charge >= 0.3 is 0 Å². The predicted molar refractivity (Wildman–Crippen MR) is 71.6 cm³/mol. The van der Waals surface area contributed by atoms with E-state index in [9.17, 15) is 13.2 Å². The van der Waals surface area contributed by atoms with E-state index in [0.29, 0.717) is 11.6 Å². The average Bonchev–Trinajstić information content (AvgIpc) is 2.81. The first-order chi connectivity index (χ1) is 8.41. The van der Waals surface area contributed by atoms with Gasteiger partial charge < -0.3 is 5.32 Å². The van der Waals surface area contributed by atoms with Gasteiger partial charge in [-0.2, -0.15) is 0 Å². The van der Waals surface area contributed by atoms with Crippen LogP contribution in [0.3, 0.4) is 0 Å². The van der Waals surface area contributed by atoms with E-state index in [4.69, 9.17) is 0 Å². The van der Waals surface area contributed by atoms with Gasteiger partial charge in [0.1, 0.15) is 0 Å². The second-order valence-electron chi connectivity index (χ2n) is 4.46. The van der Waals surface area contributed by atoms with Crippen molar-refractivity contribution in [2.24, 2.45) is 5.92 Å². The molecule has 1 unspecified atom stereocenters. The number of carbonyl (C=O) groups excluding carboxylic acids is 1. The number of thiazole rings is 1. The van der Waals surface area contributed by atoms with Crippen molar-refractivity contribution in [3.05, 3.63) is 10.6 Å². The topological polar surface area (TPSA) is 76.1 Å². The monoisotopic (exact) mass is 288 g/mol. The molecule has 100 valence electrons. The zero-order valence-electron chi connectivity index (χ0n) is 10.4. The van der Waals surface area contributed by atoms with Gasteiger partial charge in [-0.1, -0.05) is 6.92 Å². The molecule has 7 heteroatoms. The van der Waals surface area contributed by atoms with Crippen molar-refractivity contribution >= 4 is 32.2 Å². The quantitative estimate of drug-likeness (QED) is 0.912. The molecular formula is C11H16N2O3S2. The first-order valence-electron chi connectivity index (χ1n) is 5.89. The van der Waals surface area contributed by atoms with E-state index in [1.165, 1.54) is 11.3 Å². The summed E-state index contributed by atoms with van der Waals surface area (Å²) in [6.07, 6.45) is 1.25. The van der Waals surface area contributed by atoms with Gasteiger partial charge in [-0.05, 0) is 19.8 Å². The lowest BCUT2D eigenvalue weighted by atomic mass is 10.1. The van der Waals surface area contributed by atoms with Crippen molar-refractivity contribution < 1.29 is 13.2 Å². The number of sulfone groups is 1. The third kappa shape index (κ3) is 2.89. The molecule has 0 spiro atoms. The highest BCUT2D eigenvalue weighted by Crippen LogP contribution is 2.25. The maximum atomic E-state index is 11.9. The third-order valence-corrected chi connectivity index (χ3v) is 5.76. The Morgan fingerprint density at radius 2 is 2.28 bits per heavy atom. The van der Waals surface area contributed by atoms with E-state index in [2.05, 4.69) is 10.3 Å². The minimum Gasteiger partial charge on any atom is -0.302 e. The molecule has 0 saturated carbocycles. The van der Waals surface area contributed by atoms with Crippen LogP contribution in [0.4, 0.5) is 5.13 Å². The Hall–Kier alpha value is -0.950. The molecule has 1 aromatic heterocycles. The Kier molecular flexibility index (Phi) is 3.72. The molecule has 0 radical (unpaired) electrons. The summed E-state index contributed by atoms with van der Waals surface area (Å²) in [4.78, 5) is 17.3. The van der Waals surface area contributed by atoms with Crippen LogP contribution in [0.2, 0.25) is 0 Å². The third-order valence-electron chi connectivity index (χ3n) is 3.06. The molecule has 0 aromatic carbocycles. The predicted octanol–water partition coefficient (Wildman–Crippen LogP) is 1.39. The highest BCUT2D eigenvalue weighted by Gasteiger charge is 2.33. The van der Waals surface area contributed by atoms with Gasteiger partial charge in [0.05, 0.1) is 23.1 Å². The molecule has 0 bridgehead atoms. The van der Waals surface area contributed by atoms with Crippen molar-refractivity contribution in [2.45, 2.75) is 26.7 Å². The molecule has 0 aliphatic carbocycles. The lowest BCUT2D eigenvalue weighted by Gasteiger charge is -2.06. The van der Waals surface area contributed by atoms with E-state index in [1.54, 1.807) is 0 Å². The number of aromatic nitrogens is 1. The van der Waals surface area contributed by atoms with Gasteiger partial charge in [0.25, 0.3) is 0 Å². The van der Waals surface area contributed by atoms with E-state index >= 15 is 0 Å². The molecule has 18 heavy (non-hydrogen) atoms. The van der Waals surface area contributed by atoms with Crippen molar-refractivity contribution in [1.82, 2.24) is 4.98 Å². The lowest BCUT2D eigenvalue weighted by molar-refractivity contribution is -0.119. The molecule has 2 heterocycles. The molecule has 1 aromatic rings. The zero-order valence-corrected chi connectivity index (χ0v) is 12.0. The number of nitrogens with zero attached hydrogens (tertiary/aromatic N) is 1. The Labute approximate surface area is 111 Å². The summed E-state index contributed by atoms with van der Waals surface area (Å²) in [6.45, 7) is 3.98. The van der Waals surface area contributed by atoms with Crippen LogP contribution in [-0.4, -0.2) is 30.8 Å². The van der Waals surface area contributed by atoms with Crippen LogP contribution in [0.15, 0.2) is 0 Å². The number of nitrogens with one attached hydrogen (secondary N) is 1. The first-order valence-corrected chi connectivity index (χ1v) is 8.52. The summed E-state index contributed by atoms with van der Waals surface area (Å²) >= 11 is 1.43.